The summed E-state index contributed by atoms with van der Waals surface area (Å²) in [6, 6.07) is 8.32. The van der Waals surface area contributed by atoms with Crippen LogP contribution in [0.2, 0.25) is 0 Å². The molecule has 1 rings (SSSR count). The van der Waals surface area contributed by atoms with Gasteiger partial charge in [-0.3, -0.25) is 0 Å². The Bertz CT molecular complexity index is 282. The Morgan fingerprint density at radius 3 is 2.50 bits per heavy atom. The van der Waals surface area contributed by atoms with Gasteiger partial charge in [-0.15, -0.1) is 11.8 Å². The van der Waals surface area contributed by atoms with E-state index in [9.17, 15) is 0 Å². The van der Waals surface area contributed by atoms with Crippen molar-refractivity contribution in [3.05, 3.63) is 35.4 Å². The highest BCUT2D eigenvalue weighted by molar-refractivity contribution is 8.12. The molecule has 0 spiro atoms. The van der Waals surface area contributed by atoms with Crippen LogP contribution in [0.3, 0.4) is 0 Å². The van der Waals surface area contributed by atoms with Crippen LogP contribution in [0.4, 0.5) is 0 Å². The van der Waals surface area contributed by atoms with E-state index in [1.165, 1.54) is 11.1 Å². The number of rotatable bonds is 5. The van der Waals surface area contributed by atoms with Crippen molar-refractivity contribution in [1.82, 2.24) is 0 Å². The van der Waals surface area contributed by atoms with E-state index < -0.39 is 0 Å². The number of nitrogens with one attached hydrogen (secondary N) is 1. The Kier molecular flexibility index (Phi) is 4.70. The van der Waals surface area contributed by atoms with Crippen LogP contribution >= 0.6 is 11.8 Å². The van der Waals surface area contributed by atoms with E-state index in [-0.39, 0.29) is 0 Å². The lowest BCUT2D eigenvalue weighted by Gasteiger charge is -2.12. The summed E-state index contributed by atoms with van der Waals surface area (Å²) < 4.78 is 0. The Morgan fingerprint density at radius 2 is 2.07 bits per heavy atom. The molecule has 0 amide bonds. The maximum Gasteiger partial charge on any atom is 0.0512 e. The van der Waals surface area contributed by atoms with Gasteiger partial charge in [0.25, 0.3) is 0 Å². The van der Waals surface area contributed by atoms with Gasteiger partial charge in [0, 0.05) is 11.8 Å². The topological polar surface area (TPSA) is 49.9 Å². The largest absolute Gasteiger partial charge is 0.326 e. The first-order valence-electron chi connectivity index (χ1n) is 4.75. The van der Waals surface area contributed by atoms with E-state index in [0.717, 1.165) is 12.0 Å². The van der Waals surface area contributed by atoms with Gasteiger partial charge < -0.3 is 11.1 Å². The van der Waals surface area contributed by atoms with Gasteiger partial charge >= 0.3 is 0 Å². The molecule has 0 radical (unpaired) electrons. The summed E-state index contributed by atoms with van der Waals surface area (Å²) in [7, 11) is 0. The minimum atomic E-state index is 0.402. The summed E-state index contributed by atoms with van der Waals surface area (Å²) in [6.45, 7) is 2.73. The quantitative estimate of drug-likeness (QED) is 0.577. The molecule has 76 valence electrons. The van der Waals surface area contributed by atoms with Crippen molar-refractivity contribution in [2.45, 2.75) is 25.1 Å². The second kappa shape index (κ2) is 5.83. The van der Waals surface area contributed by atoms with Crippen molar-refractivity contribution < 1.29 is 0 Å². The Balaban J connectivity index is 2.77. The SMILES string of the molecule is CCC(SC=N)c1ccc(CN)cc1. The fourth-order valence-electron chi connectivity index (χ4n) is 1.36. The molecule has 1 aromatic rings. The van der Waals surface area contributed by atoms with Crippen molar-refractivity contribution in [1.29, 1.82) is 5.41 Å². The first kappa shape index (κ1) is 11.3. The van der Waals surface area contributed by atoms with Gasteiger partial charge in [-0.1, -0.05) is 31.2 Å². The number of hydrogen-bond acceptors (Lipinski definition) is 3. The molecule has 0 bridgehead atoms. The number of thioether (sulfide) groups is 1. The average molecular weight is 208 g/mol. The van der Waals surface area contributed by atoms with Gasteiger partial charge in [0.15, 0.2) is 0 Å². The zero-order valence-electron chi connectivity index (χ0n) is 8.36. The summed E-state index contributed by atoms with van der Waals surface area (Å²) in [5.41, 5.74) is 9.37. The zero-order valence-corrected chi connectivity index (χ0v) is 9.18. The normalized spacial score (nSPS) is 12.4. The molecule has 0 aliphatic heterocycles. The van der Waals surface area contributed by atoms with E-state index in [0.29, 0.717) is 11.8 Å². The molecule has 3 N–H and O–H groups in total. The van der Waals surface area contributed by atoms with E-state index in [1.807, 2.05) is 0 Å². The smallest absolute Gasteiger partial charge is 0.0512 e. The standard InChI is InChI=1S/C11H16N2S/c1-2-11(14-8-13)10-5-3-9(7-12)4-6-10/h3-6,8,11,13H,2,7,12H2,1H3. The van der Waals surface area contributed by atoms with Crippen molar-refractivity contribution in [3.63, 3.8) is 0 Å². The first-order chi connectivity index (χ1) is 6.81. The van der Waals surface area contributed by atoms with Crippen LogP contribution in [-0.4, -0.2) is 5.55 Å². The molecule has 0 heterocycles. The summed E-state index contributed by atoms with van der Waals surface area (Å²) in [4.78, 5) is 0. The van der Waals surface area contributed by atoms with Crippen LogP contribution in [0.15, 0.2) is 24.3 Å². The molecule has 0 saturated heterocycles. The van der Waals surface area contributed by atoms with Gasteiger partial charge in [0.1, 0.15) is 0 Å². The molecule has 0 saturated carbocycles. The predicted octanol–water partition coefficient (Wildman–Crippen LogP) is 2.94. The van der Waals surface area contributed by atoms with E-state index in [1.54, 1.807) is 11.8 Å². The van der Waals surface area contributed by atoms with Gasteiger partial charge in [-0.2, -0.15) is 0 Å². The monoisotopic (exact) mass is 208 g/mol. The third kappa shape index (κ3) is 2.86. The van der Waals surface area contributed by atoms with Crippen LogP contribution in [0.25, 0.3) is 0 Å². The highest BCUT2D eigenvalue weighted by Gasteiger charge is 2.07. The van der Waals surface area contributed by atoms with E-state index >= 15 is 0 Å². The molecule has 14 heavy (non-hydrogen) atoms. The van der Waals surface area contributed by atoms with Gasteiger partial charge in [-0.25, -0.2) is 0 Å². The molecule has 1 atom stereocenters. The number of hydrogen-bond donors (Lipinski definition) is 2. The van der Waals surface area contributed by atoms with Crippen molar-refractivity contribution in [2.24, 2.45) is 5.73 Å². The lowest BCUT2D eigenvalue weighted by atomic mass is 10.1. The van der Waals surface area contributed by atoms with Crippen molar-refractivity contribution in [2.75, 3.05) is 0 Å². The predicted molar refractivity (Wildman–Crippen MR) is 63.7 cm³/mol. The van der Waals surface area contributed by atoms with Crippen LogP contribution in [-0.2, 0) is 6.54 Å². The fraction of sp³-hybridized carbons (Fsp3) is 0.364. The van der Waals surface area contributed by atoms with Crippen LogP contribution < -0.4 is 5.73 Å². The molecular formula is C11H16N2S. The number of nitrogens with two attached hydrogens (primary N) is 1. The third-order valence-corrected chi connectivity index (χ3v) is 3.26. The lowest BCUT2D eigenvalue weighted by molar-refractivity contribution is 0.898. The van der Waals surface area contributed by atoms with Gasteiger partial charge in [0.2, 0.25) is 0 Å². The Hall–Kier alpha value is -0.800. The Morgan fingerprint density at radius 1 is 1.43 bits per heavy atom. The fourth-order valence-corrected chi connectivity index (χ4v) is 2.03. The molecule has 0 fully saturated rings. The lowest BCUT2D eigenvalue weighted by Crippen LogP contribution is -1.97. The molecule has 0 aliphatic carbocycles. The molecule has 0 aromatic heterocycles. The maximum absolute atomic E-state index is 7.08. The molecule has 1 aromatic carbocycles. The first-order valence-corrected chi connectivity index (χ1v) is 5.69. The second-order valence-corrected chi connectivity index (χ2v) is 4.17. The molecule has 3 heteroatoms. The minimum absolute atomic E-state index is 0.402. The highest BCUT2D eigenvalue weighted by Crippen LogP contribution is 2.29. The number of benzene rings is 1. The summed E-state index contributed by atoms with van der Waals surface area (Å²) in [6.07, 6.45) is 1.04. The molecule has 2 nitrogen and oxygen atoms in total. The van der Waals surface area contributed by atoms with Crippen LogP contribution in [0, 0.1) is 5.41 Å². The van der Waals surface area contributed by atoms with Crippen LogP contribution in [0.5, 0.6) is 0 Å². The van der Waals surface area contributed by atoms with E-state index in [4.69, 9.17) is 11.1 Å². The summed E-state index contributed by atoms with van der Waals surface area (Å²) in [5, 5.41) is 7.48. The van der Waals surface area contributed by atoms with Crippen molar-refractivity contribution >= 4 is 17.3 Å². The molecular weight excluding hydrogens is 192 g/mol. The Labute approximate surface area is 89.4 Å². The zero-order chi connectivity index (χ0) is 10.4. The van der Waals surface area contributed by atoms with Crippen LogP contribution in [0.1, 0.15) is 29.7 Å². The highest BCUT2D eigenvalue weighted by atomic mass is 32.2. The average Bonchev–Trinajstić information content (AvgIpc) is 2.26. The second-order valence-electron chi connectivity index (χ2n) is 3.10. The third-order valence-electron chi connectivity index (χ3n) is 2.19. The maximum atomic E-state index is 7.08. The van der Waals surface area contributed by atoms with E-state index in [2.05, 4.69) is 31.2 Å². The van der Waals surface area contributed by atoms with Gasteiger partial charge in [0.05, 0.1) is 5.55 Å². The van der Waals surface area contributed by atoms with Gasteiger partial charge in [-0.05, 0) is 17.5 Å². The summed E-state index contributed by atoms with van der Waals surface area (Å²) in [5.74, 6) is 0. The summed E-state index contributed by atoms with van der Waals surface area (Å²) >= 11 is 1.55. The minimum Gasteiger partial charge on any atom is -0.326 e. The van der Waals surface area contributed by atoms with Crippen molar-refractivity contribution in [3.8, 4) is 0 Å². The molecule has 0 aliphatic rings. The molecule has 1 unspecified atom stereocenters.